The zero-order chi connectivity index (χ0) is 32.5. The second-order valence-corrected chi connectivity index (χ2v) is 14.7. The molecule has 0 radical (unpaired) electrons. The Morgan fingerprint density at radius 3 is 1.68 bits per heavy atom. The molecule has 4 aromatic carbocycles. The number of nitro benzene ring substituents is 1. The van der Waals surface area contributed by atoms with Crippen molar-refractivity contribution in [2.75, 3.05) is 0 Å². The number of hydrogen-bond acceptors (Lipinski definition) is 5. The number of rotatable bonds is 9. The summed E-state index contributed by atoms with van der Waals surface area (Å²) in [5.74, 6) is 0.000739. The summed E-state index contributed by atoms with van der Waals surface area (Å²) in [5, 5.41) is 32.7. The van der Waals surface area contributed by atoms with Gasteiger partial charge in [-0.1, -0.05) is 135 Å². The Hall–Kier alpha value is -4.32. The van der Waals surface area contributed by atoms with Crippen LogP contribution >= 0.6 is 0 Å². The molecule has 0 saturated carbocycles. The first-order valence-corrected chi connectivity index (χ1v) is 15.1. The lowest BCUT2D eigenvalue weighted by atomic mass is 9.72. The lowest BCUT2D eigenvalue weighted by molar-refractivity contribution is -0.384. The second kappa shape index (κ2) is 12.0. The van der Waals surface area contributed by atoms with E-state index in [4.69, 9.17) is 0 Å². The molecule has 0 aliphatic heterocycles. The van der Waals surface area contributed by atoms with Crippen LogP contribution in [0.1, 0.15) is 96.6 Å². The maximum absolute atomic E-state index is 12.2. The summed E-state index contributed by atoms with van der Waals surface area (Å²) < 4.78 is 0. The molecule has 0 unspecified atom stereocenters. The molecule has 0 saturated heterocycles. The second-order valence-electron chi connectivity index (χ2n) is 14.7. The van der Waals surface area contributed by atoms with Gasteiger partial charge in [0.15, 0.2) is 5.69 Å². The van der Waals surface area contributed by atoms with Crippen molar-refractivity contribution in [3.63, 3.8) is 0 Å². The summed E-state index contributed by atoms with van der Waals surface area (Å²) in [5.41, 5.74) is 3.76. The van der Waals surface area contributed by atoms with E-state index >= 15 is 0 Å². The van der Waals surface area contributed by atoms with Gasteiger partial charge in [-0.15, -0.1) is 10.2 Å². The lowest BCUT2D eigenvalue weighted by Crippen LogP contribution is -2.24. The summed E-state index contributed by atoms with van der Waals surface area (Å²) >= 11 is 0. The maximum Gasteiger partial charge on any atom is 0.297 e. The Morgan fingerprint density at radius 2 is 1.16 bits per heavy atom. The minimum atomic E-state index is -0.565. The SMILES string of the molecule is CC(C)(C)CC(C)(C)c1ccc(/N=N/c2cc(C(C)(C)c3ccccc3)cc(C(C)(C)c3ccccc3)c2O)c([N+](=O)[O-])c1. The van der Waals surface area contributed by atoms with E-state index in [1.807, 2.05) is 66.7 Å². The standard InChI is InChI=1S/C38H45N3O3/c1-35(2,3)25-36(4,5)28-20-21-31(33(24-28)41(43)44)39-40-32-23-29(37(6,7)26-16-12-10-13-17-26)22-30(34(32)42)38(8,9)27-18-14-11-15-19-27/h10-24,42H,25H2,1-9H3/b40-39+. The van der Waals surface area contributed by atoms with Gasteiger partial charge in [-0.2, -0.15) is 0 Å². The van der Waals surface area contributed by atoms with E-state index in [1.165, 1.54) is 0 Å². The van der Waals surface area contributed by atoms with Crippen LogP contribution in [0.5, 0.6) is 5.75 Å². The Morgan fingerprint density at radius 1 is 0.636 bits per heavy atom. The molecule has 4 rings (SSSR count). The highest BCUT2D eigenvalue weighted by atomic mass is 16.6. The van der Waals surface area contributed by atoms with E-state index < -0.39 is 15.8 Å². The number of phenolic OH excluding ortho intramolecular Hbond substituents is 1. The van der Waals surface area contributed by atoms with Crippen LogP contribution in [0.15, 0.2) is 101 Å². The van der Waals surface area contributed by atoms with Crippen molar-refractivity contribution in [3.05, 3.63) is 129 Å². The van der Waals surface area contributed by atoms with Gasteiger partial charge in [-0.25, -0.2) is 0 Å². The van der Waals surface area contributed by atoms with Crippen molar-refractivity contribution >= 4 is 17.1 Å². The molecule has 0 aliphatic rings. The highest BCUT2D eigenvalue weighted by Gasteiger charge is 2.33. The molecule has 0 amide bonds. The number of benzene rings is 4. The first-order valence-electron chi connectivity index (χ1n) is 15.1. The van der Waals surface area contributed by atoms with Crippen molar-refractivity contribution in [1.29, 1.82) is 0 Å². The highest BCUT2D eigenvalue weighted by Crippen LogP contribution is 2.46. The number of aromatic hydroxyl groups is 1. The van der Waals surface area contributed by atoms with Crippen molar-refractivity contribution < 1.29 is 10.0 Å². The van der Waals surface area contributed by atoms with E-state index in [1.54, 1.807) is 12.1 Å². The smallest absolute Gasteiger partial charge is 0.297 e. The summed E-state index contributed by atoms with van der Waals surface area (Å²) in [7, 11) is 0. The third kappa shape index (κ3) is 6.91. The van der Waals surface area contributed by atoms with E-state index in [0.717, 1.165) is 28.7 Å². The Balaban J connectivity index is 1.87. The predicted molar refractivity (Wildman–Crippen MR) is 180 cm³/mol. The van der Waals surface area contributed by atoms with Crippen molar-refractivity contribution in [1.82, 2.24) is 0 Å². The minimum absolute atomic E-state index is 0.000739. The molecule has 0 spiro atoms. The van der Waals surface area contributed by atoms with Crippen LogP contribution in [-0.4, -0.2) is 10.0 Å². The van der Waals surface area contributed by atoms with Gasteiger partial charge in [0, 0.05) is 22.5 Å². The first-order chi connectivity index (χ1) is 20.4. The molecule has 0 bridgehead atoms. The third-order valence-electron chi connectivity index (χ3n) is 8.67. The summed E-state index contributed by atoms with van der Waals surface area (Å²) in [6.07, 6.45) is 0.857. The Bertz CT molecular complexity index is 1670. The molecule has 0 heterocycles. The average Bonchev–Trinajstić information content (AvgIpc) is 2.96. The zero-order valence-electron chi connectivity index (χ0n) is 27.5. The molecule has 44 heavy (non-hydrogen) atoms. The van der Waals surface area contributed by atoms with Crippen LogP contribution < -0.4 is 0 Å². The summed E-state index contributed by atoms with van der Waals surface area (Å²) in [6, 6.07) is 29.3. The number of azo groups is 1. The molecule has 0 aliphatic carbocycles. The predicted octanol–water partition coefficient (Wildman–Crippen LogP) is 11.1. The Labute approximate surface area is 262 Å². The van der Waals surface area contributed by atoms with Crippen LogP contribution in [0.4, 0.5) is 17.1 Å². The fourth-order valence-corrected chi connectivity index (χ4v) is 6.28. The van der Waals surface area contributed by atoms with Crippen molar-refractivity contribution in [2.24, 2.45) is 15.6 Å². The van der Waals surface area contributed by atoms with Gasteiger partial charge in [0.05, 0.1) is 4.92 Å². The third-order valence-corrected chi connectivity index (χ3v) is 8.67. The largest absolute Gasteiger partial charge is 0.505 e. The fraction of sp³-hybridized carbons (Fsp3) is 0.368. The van der Waals surface area contributed by atoms with Gasteiger partial charge >= 0.3 is 0 Å². The average molecular weight is 592 g/mol. The lowest BCUT2D eigenvalue weighted by Gasteiger charge is -2.32. The summed E-state index contributed by atoms with van der Waals surface area (Å²) in [6.45, 7) is 19.1. The molecule has 0 fully saturated rings. The van der Waals surface area contributed by atoms with Crippen LogP contribution in [0.3, 0.4) is 0 Å². The van der Waals surface area contributed by atoms with Crippen molar-refractivity contribution in [3.8, 4) is 5.75 Å². The van der Waals surface area contributed by atoms with Gasteiger partial charge in [-0.05, 0) is 51.6 Å². The molecule has 4 aromatic rings. The number of nitrogens with zero attached hydrogens (tertiary/aromatic N) is 3. The zero-order valence-corrected chi connectivity index (χ0v) is 27.5. The van der Waals surface area contributed by atoms with Crippen LogP contribution in [0.2, 0.25) is 0 Å². The molecule has 1 N–H and O–H groups in total. The highest BCUT2D eigenvalue weighted by molar-refractivity contribution is 5.64. The number of nitro groups is 1. The monoisotopic (exact) mass is 591 g/mol. The van der Waals surface area contributed by atoms with E-state index in [9.17, 15) is 15.2 Å². The fourth-order valence-electron chi connectivity index (χ4n) is 6.28. The normalized spacial score (nSPS) is 12.9. The Kier molecular flexibility index (Phi) is 8.88. The van der Waals surface area contributed by atoms with Crippen molar-refractivity contribution in [2.45, 2.75) is 85.0 Å². The number of phenols is 1. The van der Waals surface area contributed by atoms with E-state index in [-0.39, 0.29) is 33.6 Å². The van der Waals surface area contributed by atoms with Gasteiger partial charge in [0.25, 0.3) is 5.69 Å². The van der Waals surface area contributed by atoms with Gasteiger partial charge < -0.3 is 5.11 Å². The molecule has 6 heteroatoms. The van der Waals surface area contributed by atoms with E-state index in [2.05, 4.69) is 84.7 Å². The molecular formula is C38H45N3O3. The molecular weight excluding hydrogens is 546 g/mol. The molecule has 230 valence electrons. The van der Waals surface area contributed by atoms with Gasteiger partial charge in [0.2, 0.25) is 0 Å². The molecule has 6 nitrogen and oxygen atoms in total. The van der Waals surface area contributed by atoms with Crippen LogP contribution in [0, 0.1) is 15.5 Å². The van der Waals surface area contributed by atoms with Crippen LogP contribution in [-0.2, 0) is 16.2 Å². The minimum Gasteiger partial charge on any atom is -0.505 e. The van der Waals surface area contributed by atoms with Gasteiger partial charge in [-0.3, -0.25) is 10.1 Å². The van der Waals surface area contributed by atoms with E-state index in [0.29, 0.717) is 5.56 Å². The molecule has 0 atom stereocenters. The maximum atomic E-state index is 12.2. The van der Waals surface area contributed by atoms with Crippen LogP contribution in [0.25, 0.3) is 0 Å². The summed E-state index contributed by atoms with van der Waals surface area (Å²) in [4.78, 5) is 11.8. The number of hydrogen-bond donors (Lipinski definition) is 1. The first kappa shape index (κ1) is 32.6. The topological polar surface area (TPSA) is 88.1 Å². The quantitative estimate of drug-likeness (QED) is 0.119. The van der Waals surface area contributed by atoms with Gasteiger partial charge in [0.1, 0.15) is 11.4 Å². The molecule has 0 aromatic heterocycles.